The number of rotatable bonds is 6. The second-order valence-corrected chi connectivity index (χ2v) is 6.92. The first-order valence-electron chi connectivity index (χ1n) is 8.86. The molecule has 0 fully saturated rings. The van der Waals surface area contributed by atoms with Gasteiger partial charge in [0.05, 0.1) is 6.04 Å². The lowest BCUT2D eigenvalue weighted by Crippen LogP contribution is -2.26. The Bertz CT molecular complexity index is 922. The molecule has 0 aliphatic rings. The monoisotopic (exact) mass is 379 g/mol. The molecule has 0 saturated carbocycles. The Hall–Kier alpha value is -2.78. The molecule has 3 rings (SSSR count). The largest absolute Gasteiger partial charge is 0.489 e. The van der Waals surface area contributed by atoms with E-state index in [1.165, 1.54) is 5.56 Å². The Kier molecular flexibility index (Phi) is 6.15. The molecule has 0 unspecified atom stereocenters. The Morgan fingerprint density at radius 3 is 2.52 bits per heavy atom. The third-order valence-electron chi connectivity index (χ3n) is 4.37. The normalized spacial score (nSPS) is 11.7. The molecule has 138 valence electrons. The number of carbonyl (C=O) groups excluding carboxylic acids is 1. The maximum Gasteiger partial charge on any atom is 0.251 e. The highest BCUT2D eigenvalue weighted by atomic mass is 35.5. The molecule has 3 aromatic carbocycles. The van der Waals surface area contributed by atoms with Gasteiger partial charge in [-0.3, -0.25) is 4.79 Å². The summed E-state index contributed by atoms with van der Waals surface area (Å²) in [4.78, 5) is 12.6. The Labute approximate surface area is 164 Å². The average Bonchev–Trinajstić information content (AvgIpc) is 2.68. The quantitative estimate of drug-likeness (QED) is 0.595. The molecular formula is C23H22ClNO2. The van der Waals surface area contributed by atoms with Gasteiger partial charge in [-0.15, -0.1) is 0 Å². The highest BCUT2D eigenvalue weighted by Crippen LogP contribution is 2.20. The van der Waals surface area contributed by atoms with Crippen molar-refractivity contribution in [3.8, 4) is 5.75 Å². The molecular weight excluding hydrogens is 358 g/mol. The molecule has 0 aliphatic heterocycles. The van der Waals surface area contributed by atoms with Crippen molar-refractivity contribution in [3.05, 3.63) is 100 Å². The zero-order chi connectivity index (χ0) is 19.2. The van der Waals surface area contributed by atoms with Crippen LogP contribution in [0.3, 0.4) is 0 Å². The molecule has 0 aromatic heterocycles. The summed E-state index contributed by atoms with van der Waals surface area (Å²) >= 11 is 6.15. The molecule has 0 aliphatic carbocycles. The lowest BCUT2D eigenvalue weighted by atomic mass is 10.1. The number of halogens is 1. The van der Waals surface area contributed by atoms with Crippen LogP contribution >= 0.6 is 11.6 Å². The van der Waals surface area contributed by atoms with Crippen LogP contribution in [0, 0.1) is 6.92 Å². The molecule has 4 heteroatoms. The number of hydrogen-bond donors (Lipinski definition) is 1. The number of benzene rings is 3. The van der Waals surface area contributed by atoms with Crippen LogP contribution in [0.1, 0.15) is 40.0 Å². The predicted molar refractivity (Wildman–Crippen MR) is 109 cm³/mol. The molecule has 0 spiro atoms. The van der Waals surface area contributed by atoms with Crippen molar-refractivity contribution in [3.63, 3.8) is 0 Å². The minimum absolute atomic E-state index is 0.0780. The number of carbonyl (C=O) groups is 1. The van der Waals surface area contributed by atoms with Crippen molar-refractivity contribution < 1.29 is 9.53 Å². The third kappa shape index (κ3) is 5.11. The van der Waals surface area contributed by atoms with E-state index in [0.717, 1.165) is 11.1 Å². The van der Waals surface area contributed by atoms with Crippen LogP contribution in [0.5, 0.6) is 5.75 Å². The van der Waals surface area contributed by atoms with E-state index in [1.54, 1.807) is 12.1 Å². The second kappa shape index (κ2) is 8.74. The summed E-state index contributed by atoms with van der Waals surface area (Å²) in [7, 11) is 0. The van der Waals surface area contributed by atoms with E-state index in [-0.39, 0.29) is 11.9 Å². The van der Waals surface area contributed by atoms with Crippen LogP contribution in [-0.2, 0) is 6.61 Å². The number of hydrogen-bond acceptors (Lipinski definition) is 2. The number of nitrogens with one attached hydrogen (secondary N) is 1. The van der Waals surface area contributed by atoms with Gasteiger partial charge in [-0.25, -0.2) is 0 Å². The summed E-state index contributed by atoms with van der Waals surface area (Å²) < 4.78 is 5.80. The predicted octanol–water partition coefficient (Wildman–Crippen LogP) is 5.72. The molecule has 27 heavy (non-hydrogen) atoms. The van der Waals surface area contributed by atoms with Crippen LogP contribution in [0.15, 0.2) is 72.8 Å². The van der Waals surface area contributed by atoms with E-state index >= 15 is 0 Å². The first kappa shape index (κ1) is 19.0. The fraction of sp³-hybridized carbons (Fsp3) is 0.174. The fourth-order valence-corrected chi connectivity index (χ4v) is 2.91. The van der Waals surface area contributed by atoms with Gasteiger partial charge >= 0.3 is 0 Å². The van der Waals surface area contributed by atoms with E-state index in [9.17, 15) is 4.79 Å². The van der Waals surface area contributed by atoms with Gasteiger partial charge in [0.25, 0.3) is 5.91 Å². The number of ether oxygens (including phenoxy) is 1. The van der Waals surface area contributed by atoms with Crippen LogP contribution in [-0.4, -0.2) is 5.91 Å². The van der Waals surface area contributed by atoms with Gasteiger partial charge in [-0.1, -0.05) is 65.7 Å². The van der Waals surface area contributed by atoms with Crippen molar-refractivity contribution in [2.45, 2.75) is 26.5 Å². The number of amides is 1. The zero-order valence-electron chi connectivity index (χ0n) is 15.4. The van der Waals surface area contributed by atoms with Crippen molar-refractivity contribution in [2.24, 2.45) is 0 Å². The van der Waals surface area contributed by atoms with Crippen LogP contribution in [0.2, 0.25) is 5.02 Å². The molecule has 0 saturated heterocycles. The Morgan fingerprint density at radius 2 is 1.78 bits per heavy atom. The Balaban J connectivity index is 1.64. The summed E-state index contributed by atoms with van der Waals surface area (Å²) in [5.41, 5.74) is 3.73. The van der Waals surface area contributed by atoms with E-state index < -0.39 is 0 Å². The second-order valence-electron chi connectivity index (χ2n) is 6.51. The first-order valence-corrected chi connectivity index (χ1v) is 9.24. The van der Waals surface area contributed by atoms with Crippen molar-refractivity contribution >= 4 is 17.5 Å². The fourth-order valence-electron chi connectivity index (χ4n) is 2.72. The molecule has 1 amide bonds. The molecule has 1 N–H and O–H groups in total. The summed E-state index contributed by atoms with van der Waals surface area (Å²) in [6, 6.07) is 22.8. The highest BCUT2D eigenvalue weighted by molar-refractivity contribution is 6.31. The number of aryl methyl sites for hydroxylation is 1. The lowest BCUT2D eigenvalue weighted by molar-refractivity contribution is 0.0939. The van der Waals surface area contributed by atoms with E-state index in [1.807, 2.05) is 74.5 Å². The van der Waals surface area contributed by atoms with Gasteiger partial charge in [0.2, 0.25) is 0 Å². The summed E-state index contributed by atoms with van der Waals surface area (Å²) in [5.74, 6) is 0.497. The maximum atomic E-state index is 12.6. The SMILES string of the molecule is Cc1ccc([C@H](C)NC(=O)c2cccc(OCc3ccccc3Cl)c2)cc1. The standard InChI is InChI=1S/C23H22ClNO2/c1-16-10-12-18(13-11-16)17(2)25-23(26)19-7-5-8-21(14-19)27-15-20-6-3-4-9-22(20)24/h3-14,17H,15H2,1-2H3,(H,25,26)/t17-/m0/s1. The third-order valence-corrected chi connectivity index (χ3v) is 4.74. The molecule has 1 atom stereocenters. The molecule has 0 radical (unpaired) electrons. The molecule has 3 aromatic rings. The maximum absolute atomic E-state index is 12.6. The van der Waals surface area contributed by atoms with Gasteiger partial charge in [-0.05, 0) is 43.7 Å². The van der Waals surface area contributed by atoms with Gasteiger partial charge < -0.3 is 10.1 Å². The lowest BCUT2D eigenvalue weighted by Gasteiger charge is -2.15. The molecule has 3 nitrogen and oxygen atoms in total. The van der Waals surface area contributed by atoms with Gasteiger partial charge in [0.15, 0.2) is 0 Å². The molecule has 0 bridgehead atoms. The summed E-state index contributed by atoms with van der Waals surface area (Å²) in [5, 5.41) is 3.69. The van der Waals surface area contributed by atoms with Crippen molar-refractivity contribution in [2.75, 3.05) is 0 Å². The van der Waals surface area contributed by atoms with Crippen molar-refractivity contribution in [1.29, 1.82) is 0 Å². The van der Waals surface area contributed by atoms with Crippen LogP contribution in [0.4, 0.5) is 0 Å². The first-order chi connectivity index (χ1) is 13.0. The van der Waals surface area contributed by atoms with E-state index in [4.69, 9.17) is 16.3 Å². The highest BCUT2D eigenvalue weighted by Gasteiger charge is 2.12. The van der Waals surface area contributed by atoms with E-state index in [2.05, 4.69) is 5.32 Å². The van der Waals surface area contributed by atoms with Crippen LogP contribution in [0.25, 0.3) is 0 Å². The van der Waals surface area contributed by atoms with Gasteiger partial charge in [0, 0.05) is 16.1 Å². The van der Waals surface area contributed by atoms with Crippen LogP contribution < -0.4 is 10.1 Å². The van der Waals surface area contributed by atoms with Crippen molar-refractivity contribution in [1.82, 2.24) is 5.32 Å². The summed E-state index contributed by atoms with van der Waals surface area (Å²) in [6.07, 6.45) is 0. The Morgan fingerprint density at radius 1 is 1.04 bits per heavy atom. The summed E-state index contributed by atoms with van der Waals surface area (Å²) in [6.45, 7) is 4.37. The zero-order valence-corrected chi connectivity index (χ0v) is 16.2. The van der Waals surface area contributed by atoms with Gasteiger partial charge in [0.1, 0.15) is 12.4 Å². The topological polar surface area (TPSA) is 38.3 Å². The van der Waals surface area contributed by atoms with Gasteiger partial charge in [-0.2, -0.15) is 0 Å². The minimum Gasteiger partial charge on any atom is -0.489 e. The minimum atomic E-state index is -0.133. The average molecular weight is 380 g/mol. The molecule has 0 heterocycles. The smallest absolute Gasteiger partial charge is 0.251 e. The van der Waals surface area contributed by atoms with E-state index in [0.29, 0.717) is 22.9 Å².